The van der Waals surface area contributed by atoms with E-state index in [4.69, 9.17) is 11.6 Å². The lowest BCUT2D eigenvalue weighted by Crippen LogP contribution is -2.31. The van der Waals surface area contributed by atoms with E-state index in [0.29, 0.717) is 23.7 Å². The number of aromatic nitrogens is 2. The largest absolute Gasteiger partial charge is 0.351 e. The molecule has 0 aliphatic rings. The second kappa shape index (κ2) is 7.68. The Labute approximate surface area is 152 Å². The fourth-order valence-corrected chi connectivity index (χ4v) is 2.72. The molecule has 2 aromatic carbocycles. The number of nitrogens with one attached hydrogen (secondary N) is 1. The molecule has 1 amide bonds. The van der Waals surface area contributed by atoms with E-state index in [9.17, 15) is 4.79 Å². The number of benzene rings is 2. The fraction of sp³-hybridized carbons (Fsp3) is 0.263. The number of carbonyl (C=O) groups is 1. The van der Waals surface area contributed by atoms with Crippen LogP contribution in [0.5, 0.6) is 0 Å². The Morgan fingerprint density at radius 1 is 1.20 bits per heavy atom. The van der Waals surface area contributed by atoms with E-state index in [-0.39, 0.29) is 5.91 Å². The highest BCUT2D eigenvalue weighted by Gasteiger charge is 2.09. The molecule has 0 saturated carbocycles. The summed E-state index contributed by atoms with van der Waals surface area (Å²) in [5.74, 6) is -0.0667. The lowest BCUT2D eigenvalue weighted by molar-refractivity contribution is 0.0951. The van der Waals surface area contributed by atoms with Gasteiger partial charge in [-0.2, -0.15) is 5.10 Å². The van der Waals surface area contributed by atoms with Gasteiger partial charge in [-0.1, -0.05) is 29.8 Å². The van der Waals surface area contributed by atoms with E-state index in [1.807, 2.05) is 72.3 Å². The van der Waals surface area contributed by atoms with Crippen LogP contribution in [0, 0.1) is 0 Å². The monoisotopic (exact) mass is 356 g/mol. The molecule has 0 fully saturated rings. The normalized spacial score (nSPS) is 11.2. The van der Waals surface area contributed by atoms with Gasteiger partial charge in [-0.25, -0.2) is 0 Å². The molecular weight excluding hydrogens is 336 g/mol. The molecule has 1 heterocycles. The first kappa shape index (κ1) is 17.5. The Bertz CT molecular complexity index is 871. The zero-order valence-electron chi connectivity index (χ0n) is 14.4. The number of nitrogens with zero attached hydrogens (tertiary/aromatic N) is 3. The minimum Gasteiger partial charge on any atom is -0.351 e. The van der Waals surface area contributed by atoms with E-state index in [0.717, 1.165) is 23.0 Å². The molecule has 1 aromatic heterocycles. The van der Waals surface area contributed by atoms with Crippen molar-refractivity contribution in [3.05, 3.63) is 64.8 Å². The lowest BCUT2D eigenvalue weighted by atomic mass is 10.1. The van der Waals surface area contributed by atoms with Gasteiger partial charge in [0.05, 0.1) is 18.3 Å². The smallest absolute Gasteiger partial charge is 0.251 e. The Balaban J connectivity index is 1.79. The molecule has 0 aliphatic carbocycles. The first-order valence-corrected chi connectivity index (χ1v) is 8.53. The van der Waals surface area contributed by atoms with Gasteiger partial charge in [-0.3, -0.25) is 9.48 Å². The Kier molecular flexibility index (Phi) is 5.36. The van der Waals surface area contributed by atoms with Gasteiger partial charge in [-0.15, -0.1) is 0 Å². The van der Waals surface area contributed by atoms with E-state index in [1.54, 1.807) is 0 Å². The molecule has 0 spiro atoms. The van der Waals surface area contributed by atoms with Gasteiger partial charge in [0.1, 0.15) is 0 Å². The molecule has 0 radical (unpaired) electrons. The maximum atomic E-state index is 12.3. The molecule has 3 aromatic rings. The van der Waals surface area contributed by atoms with Crippen LogP contribution in [0.3, 0.4) is 0 Å². The number of amides is 1. The molecule has 6 heteroatoms. The van der Waals surface area contributed by atoms with Crippen LogP contribution in [0.4, 0.5) is 0 Å². The highest BCUT2D eigenvalue weighted by Crippen LogP contribution is 2.18. The van der Waals surface area contributed by atoms with Crippen LogP contribution >= 0.6 is 11.6 Å². The first-order valence-electron chi connectivity index (χ1n) is 8.16. The lowest BCUT2D eigenvalue weighted by Gasteiger charge is -2.10. The summed E-state index contributed by atoms with van der Waals surface area (Å²) in [5.41, 5.74) is 2.69. The van der Waals surface area contributed by atoms with Crippen LogP contribution in [-0.4, -0.2) is 47.8 Å². The van der Waals surface area contributed by atoms with E-state index >= 15 is 0 Å². The highest BCUT2D eigenvalue weighted by molar-refractivity contribution is 6.30. The molecule has 0 saturated heterocycles. The van der Waals surface area contributed by atoms with Gasteiger partial charge in [0.2, 0.25) is 0 Å². The average Bonchev–Trinajstić information content (AvgIpc) is 2.98. The number of hydrogen-bond donors (Lipinski definition) is 1. The molecule has 0 bridgehead atoms. The number of rotatable bonds is 6. The SMILES string of the molecule is CN(C)CCNC(=O)c1ccc2cnn(Cc3ccc(Cl)cc3)c2c1. The summed E-state index contributed by atoms with van der Waals surface area (Å²) in [6, 6.07) is 13.4. The van der Waals surface area contributed by atoms with Crippen LogP contribution < -0.4 is 5.32 Å². The Morgan fingerprint density at radius 2 is 1.96 bits per heavy atom. The molecule has 0 aliphatic heterocycles. The minimum atomic E-state index is -0.0667. The average molecular weight is 357 g/mol. The second-order valence-corrected chi connectivity index (χ2v) is 6.70. The maximum Gasteiger partial charge on any atom is 0.251 e. The van der Waals surface area contributed by atoms with Crippen molar-refractivity contribution in [2.24, 2.45) is 0 Å². The van der Waals surface area contributed by atoms with Crippen LogP contribution in [0.15, 0.2) is 48.7 Å². The summed E-state index contributed by atoms with van der Waals surface area (Å²) in [4.78, 5) is 14.4. The number of fused-ring (bicyclic) bond motifs is 1. The molecule has 5 nitrogen and oxygen atoms in total. The van der Waals surface area contributed by atoms with E-state index in [1.165, 1.54) is 0 Å². The Hall–Kier alpha value is -2.37. The van der Waals surface area contributed by atoms with Crippen LogP contribution in [-0.2, 0) is 6.54 Å². The van der Waals surface area contributed by atoms with Crippen molar-refractivity contribution >= 4 is 28.4 Å². The van der Waals surface area contributed by atoms with Crippen molar-refractivity contribution in [3.63, 3.8) is 0 Å². The van der Waals surface area contributed by atoms with E-state index < -0.39 is 0 Å². The van der Waals surface area contributed by atoms with Crippen LogP contribution in [0.2, 0.25) is 5.02 Å². The molecule has 1 N–H and O–H groups in total. The van der Waals surface area contributed by atoms with Gasteiger partial charge >= 0.3 is 0 Å². The predicted molar refractivity (Wildman–Crippen MR) is 101 cm³/mol. The fourth-order valence-electron chi connectivity index (χ4n) is 2.60. The van der Waals surface area contributed by atoms with Crippen molar-refractivity contribution in [1.29, 1.82) is 0 Å². The quantitative estimate of drug-likeness (QED) is 0.738. The summed E-state index contributed by atoms with van der Waals surface area (Å²) in [7, 11) is 3.96. The summed E-state index contributed by atoms with van der Waals surface area (Å²) in [6.45, 7) is 2.06. The zero-order valence-corrected chi connectivity index (χ0v) is 15.1. The molecule has 0 unspecified atom stereocenters. The van der Waals surface area contributed by atoms with Crippen LogP contribution in [0.25, 0.3) is 10.9 Å². The molecule has 25 heavy (non-hydrogen) atoms. The van der Waals surface area contributed by atoms with Gasteiger partial charge in [0, 0.05) is 29.1 Å². The van der Waals surface area contributed by atoms with Crippen molar-refractivity contribution < 1.29 is 4.79 Å². The minimum absolute atomic E-state index is 0.0667. The van der Waals surface area contributed by atoms with Crippen molar-refractivity contribution in [2.75, 3.05) is 27.2 Å². The van der Waals surface area contributed by atoms with Crippen molar-refractivity contribution in [1.82, 2.24) is 20.0 Å². The summed E-state index contributed by atoms with van der Waals surface area (Å²) in [6.07, 6.45) is 1.82. The zero-order chi connectivity index (χ0) is 17.8. The Morgan fingerprint density at radius 3 is 2.68 bits per heavy atom. The van der Waals surface area contributed by atoms with Gasteiger partial charge in [-0.05, 0) is 43.9 Å². The second-order valence-electron chi connectivity index (χ2n) is 6.26. The number of carbonyl (C=O) groups excluding carboxylic acids is 1. The van der Waals surface area contributed by atoms with Gasteiger partial charge in [0.15, 0.2) is 0 Å². The third kappa shape index (κ3) is 4.38. The topological polar surface area (TPSA) is 50.2 Å². The first-order chi connectivity index (χ1) is 12.0. The molecule has 0 atom stereocenters. The summed E-state index contributed by atoms with van der Waals surface area (Å²) in [5, 5.41) is 9.11. The molecule has 3 rings (SSSR count). The maximum absolute atomic E-state index is 12.3. The predicted octanol–water partition coefficient (Wildman–Crippen LogP) is 3.03. The third-order valence-electron chi connectivity index (χ3n) is 4.00. The highest BCUT2D eigenvalue weighted by atomic mass is 35.5. The van der Waals surface area contributed by atoms with Crippen molar-refractivity contribution in [2.45, 2.75) is 6.54 Å². The molecular formula is C19H21ClN4O. The van der Waals surface area contributed by atoms with E-state index in [2.05, 4.69) is 10.4 Å². The van der Waals surface area contributed by atoms with Gasteiger partial charge < -0.3 is 10.2 Å². The summed E-state index contributed by atoms with van der Waals surface area (Å²) >= 11 is 5.94. The number of likely N-dealkylation sites (N-methyl/N-ethyl adjacent to an activating group) is 1. The van der Waals surface area contributed by atoms with Crippen molar-refractivity contribution in [3.8, 4) is 0 Å². The number of hydrogen-bond acceptors (Lipinski definition) is 3. The molecule has 130 valence electrons. The third-order valence-corrected chi connectivity index (χ3v) is 4.25. The number of halogens is 1. The summed E-state index contributed by atoms with van der Waals surface area (Å²) < 4.78 is 1.90. The standard InChI is InChI=1S/C19H21ClN4O/c1-23(2)10-9-21-19(25)15-5-6-16-12-22-24(18(16)11-15)13-14-3-7-17(20)8-4-14/h3-8,11-12H,9-10,13H2,1-2H3,(H,21,25). The van der Waals surface area contributed by atoms with Crippen LogP contribution in [0.1, 0.15) is 15.9 Å². The van der Waals surface area contributed by atoms with Gasteiger partial charge in [0.25, 0.3) is 5.91 Å².